The van der Waals surface area contributed by atoms with E-state index in [1.54, 1.807) is 0 Å². The lowest BCUT2D eigenvalue weighted by molar-refractivity contribution is -0.170. The molecule has 1 heterocycles. The highest BCUT2D eigenvalue weighted by atomic mass is 35.5. The van der Waals surface area contributed by atoms with Crippen LogP contribution in [0.5, 0.6) is 0 Å². The highest BCUT2D eigenvalue weighted by Gasteiger charge is 2.62. The molecule has 30 heavy (non-hydrogen) atoms. The van der Waals surface area contributed by atoms with Crippen LogP contribution in [0.4, 0.5) is 0 Å². The number of hydrogen-bond acceptors (Lipinski definition) is 4. The summed E-state index contributed by atoms with van der Waals surface area (Å²) in [5.41, 5.74) is 7.75. The number of nitrogens with two attached hydrogens (primary N) is 1. The molecule has 0 spiro atoms. The Hall–Kier alpha value is -0.850. The van der Waals surface area contributed by atoms with Crippen molar-refractivity contribution >= 4 is 30.7 Å². The van der Waals surface area contributed by atoms with E-state index in [0.29, 0.717) is 25.6 Å². The molecule has 1 saturated heterocycles. The predicted octanol–water partition coefficient (Wildman–Crippen LogP) is 4.05. The topological polar surface area (TPSA) is 67.6 Å². The van der Waals surface area contributed by atoms with E-state index in [9.17, 15) is 4.79 Å². The van der Waals surface area contributed by atoms with E-state index in [0.717, 1.165) is 13.1 Å². The quantitative estimate of drug-likeness (QED) is 0.644. The van der Waals surface area contributed by atoms with Crippen LogP contribution in [0.2, 0.25) is 0 Å². The van der Waals surface area contributed by atoms with Gasteiger partial charge in [0.05, 0.1) is 6.10 Å². The maximum absolute atomic E-state index is 12.9. The number of rotatable bonds is 7. The smallest absolute Gasteiger partial charge is 0.241 e. The molecule has 5 nitrogen and oxygen atoms in total. The van der Waals surface area contributed by atoms with Gasteiger partial charge in [0.15, 0.2) is 0 Å². The molecule has 3 rings (SSSR count). The largest absolute Gasteiger partial charge is 0.378 e. The number of nitrogens with one attached hydrogen (secondary N) is 1. The summed E-state index contributed by atoms with van der Waals surface area (Å²) in [5.74, 6) is -0.0744. The van der Waals surface area contributed by atoms with Crippen molar-refractivity contribution < 1.29 is 9.53 Å². The summed E-state index contributed by atoms with van der Waals surface area (Å²) in [6, 6.07) is 9.04. The van der Waals surface area contributed by atoms with Crippen molar-refractivity contribution in [3.63, 3.8) is 0 Å². The van der Waals surface area contributed by atoms with Gasteiger partial charge in [0.25, 0.3) is 0 Å². The second-order valence-corrected chi connectivity index (χ2v) is 9.11. The van der Waals surface area contributed by atoms with E-state index >= 15 is 0 Å². The number of carbonyl (C=O) groups excluding carboxylic acids is 1. The second-order valence-electron chi connectivity index (χ2n) is 9.11. The first-order chi connectivity index (χ1) is 13.3. The van der Waals surface area contributed by atoms with E-state index in [1.807, 2.05) is 26.8 Å². The molecular formula is C23H39Cl2N3O2. The fourth-order valence-electron chi connectivity index (χ4n) is 4.65. The van der Waals surface area contributed by atoms with E-state index in [2.05, 4.69) is 35.3 Å². The molecule has 0 bridgehead atoms. The van der Waals surface area contributed by atoms with Crippen molar-refractivity contribution in [2.45, 2.75) is 84.2 Å². The number of halogens is 2. The summed E-state index contributed by atoms with van der Waals surface area (Å²) in [4.78, 5) is 15.5. The minimum Gasteiger partial charge on any atom is -0.378 e. The Morgan fingerprint density at radius 2 is 1.90 bits per heavy atom. The third-order valence-corrected chi connectivity index (χ3v) is 7.11. The zero-order valence-electron chi connectivity index (χ0n) is 18.8. The highest BCUT2D eigenvalue weighted by Crippen LogP contribution is 2.49. The zero-order chi connectivity index (χ0) is 20.4. The Morgan fingerprint density at radius 3 is 2.50 bits per heavy atom. The maximum Gasteiger partial charge on any atom is 0.241 e. The maximum atomic E-state index is 12.9. The van der Waals surface area contributed by atoms with Crippen molar-refractivity contribution in [3.8, 4) is 0 Å². The minimum atomic E-state index is -0.872. The van der Waals surface area contributed by atoms with Crippen molar-refractivity contribution in [3.05, 3.63) is 35.4 Å². The molecule has 1 amide bonds. The first-order valence-electron chi connectivity index (χ1n) is 10.8. The van der Waals surface area contributed by atoms with Crippen LogP contribution in [-0.4, -0.2) is 41.6 Å². The van der Waals surface area contributed by atoms with Crippen LogP contribution < -0.4 is 11.1 Å². The lowest BCUT2D eigenvalue weighted by Crippen LogP contribution is -2.75. The van der Waals surface area contributed by atoms with Gasteiger partial charge < -0.3 is 15.8 Å². The first-order valence-corrected chi connectivity index (χ1v) is 10.8. The Labute approximate surface area is 194 Å². The van der Waals surface area contributed by atoms with Crippen LogP contribution in [0, 0.1) is 5.41 Å². The van der Waals surface area contributed by atoms with Gasteiger partial charge in [-0.1, -0.05) is 44.5 Å². The first kappa shape index (κ1) is 27.2. The van der Waals surface area contributed by atoms with Gasteiger partial charge in [-0.05, 0) is 44.4 Å². The number of hydrogen-bond donors (Lipinski definition) is 2. The standard InChI is InChI=1S/C23H37N3O2.2ClH/c1-5-28-20-14-23(24,22(20,3)4)21(27)25-15-18-11-6-7-12-19(18)16-26-13-9-8-10-17(26)2;;/h6-7,11-12,17,20H,5,8-10,13-16,24H2,1-4H3,(H,25,27);2*1H. The van der Waals surface area contributed by atoms with Gasteiger partial charge in [0.2, 0.25) is 5.91 Å². The minimum absolute atomic E-state index is 0. The molecular weight excluding hydrogens is 421 g/mol. The number of benzene rings is 1. The van der Waals surface area contributed by atoms with Gasteiger partial charge in [-0.2, -0.15) is 0 Å². The Kier molecular flexibility index (Phi) is 10.1. The van der Waals surface area contributed by atoms with Gasteiger partial charge in [0.1, 0.15) is 5.54 Å². The normalized spacial score (nSPS) is 27.9. The molecule has 3 atom stereocenters. The molecule has 1 saturated carbocycles. The van der Waals surface area contributed by atoms with Crippen LogP contribution in [0.25, 0.3) is 0 Å². The molecule has 2 aliphatic rings. The van der Waals surface area contributed by atoms with Crippen molar-refractivity contribution in [1.82, 2.24) is 10.2 Å². The molecule has 1 aromatic rings. The summed E-state index contributed by atoms with van der Waals surface area (Å²) in [6.45, 7) is 11.6. The number of likely N-dealkylation sites (tertiary alicyclic amines) is 1. The Bertz CT molecular complexity index is 701. The molecule has 3 N–H and O–H groups in total. The summed E-state index contributed by atoms with van der Waals surface area (Å²) in [5, 5.41) is 3.11. The molecule has 172 valence electrons. The third kappa shape index (κ3) is 5.31. The second kappa shape index (κ2) is 11.1. The van der Waals surface area contributed by atoms with E-state index in [4.69, 9.17) is 10.5 Å². The van der Waals surface area contributed by atoms with Gasteiger partial charge in [-0.25, -0.2) is 0 Å². The average Bonchev–Trinajstić information content (AvgIpc) is 2.68. The number of ether oxygens (including phenoxy) is 1. The van der Waals surface area contributed by atoms with Crippen LogP contribution in [0.3, 0.4) is 0 Å². The fourth-order valence-corrected chi connectivity index (χ4v) is 4.65. The van der Waals surface area contributed by atoms with Crippen molar-refractivity contribution in [1.29, 1.82) is 0 Å². The number of piperidine rings is 1. The van der Waals surface area contributed by atoms with Crippen LogP contribution in [0.15, 0.2) is 24.3 Å². The molecule has 7 heteroatoms. The van der Waals surface area contributed by atoms with Gasteiger partial charge >= 0.3 is 0 Å². The van der Waals surface area contributed by atoms with Crippen LogP contribution in [-0.2, 0) is 22.6 Å². The van der Waals surface area contributed by atoms with Crippen LogP contribution >= 0.6 is 24.8 Å². The highest BCUT2D eigenvalue weighted by molar-refractivity contribution is 5.88. The number of amides is 1. The monoisotopic (exact) mass is 459 g/mol. The van der Waals surface area contributed by atoms with Crippen LogP contribution in [0.1, 0.15) is 64.5 Å². The van der Waals surface area contributed by atoms with E-state index in [1.165, 1.54) is 30.4 Å². The lowest BCUT2D eigenvalue weighted by Gasteiger charge is -2.57. The Morgan fingerprint density at radius 1 is 1.23 bits per heavy atom. The SMILES string of the molecule is CCOC1CC(N)(C(=O)NCc2ccccc2CN2CCCCC2C)C1(C)C.Cl.Cl. The molecule has 3 unspecified atom stereocenters. The number of carbonyl (C=O) groups is 1. The lowest BCUT2D eigenvalue weighted by atomic mass is 9.54. The fraction of sp³-hybridized carbons (Fsp3) is 0.696. The van der Waals surface area contributed by atoms with E-state index in [-0.39, 0.29) is 42.2 Å². The van der Waals surface area contributed by atoms with E-state index < -0.39 is 5.54 Å². The predicted molar refractivity (Wildman–Crippen MR) is 127 cm³/mol. The van der Waals surface area contributed by atoms with Crippen molar-refractivity contribution in [2.75, 3.05) is 13.2 Å². The van der Waals surface area contributed by atoms with Gasteiger partial charge in [-0.3, -0.25) is 9.69 Å². The molecule has 0 radical (unpaired) electrons. The van der Waals surface area contributed by atoms with Gasteiger partial charge in [0, 0.05) is 37.6 Å². The third-order valence-electron chi connectivity index (χ3n) is 7.11. The summed E-state index contributed by atoms with van der Waals surface area (Å²) in [7, 11) is 0. The van der Waals surface area contributed by atoms with Crippen molar-refractivity contribution in [2.24, 2.45) is 11.1 Å². The molecule has 2 fully saturated rings. The summed E-state index contributed by atoms with van der Waals surface area (Å²) < 4.78 is 5.75. The average molecular weight is 460 g/mol. The summed E-state index contributed by atoms with van der Waals surface area (Å²) >= 11 is 0. The Balaban J connectivity index is 0.00000225. The van der Waals surface area contributed by atoms with Gasteiger partial charge in [-0.15, -0.1) is 24.8 Å². The molecule has 1 aliphatic heterocycles. The zero-order valence-corrected chi connectivity index (χ0v) is 20.4. The summed E-state index contributed by atoms with van der Waals surface area (Å²) in [6.07, 6.45) is 4.49. The molecule has 1 aromatic carbocycles. The molecule has 0 aromatic heterocycles. The number of nitrogens with zero attached hydrogens (tertiary/aromatic N) is 1. The molecule has 1 aliphatic carbocycles.